The van der Waals surface area contributed by atoms with E-state index in [1.807, 2.05) is 0 Å². The molecule has 0 aromatic heterocycles. The molecule has 0 spiro atoms. The molecule has 1 amide bonds. The Bertz CT molecular complexity index is 326. The van der Waals surface area contributed by atoms with Crippen LogP contribution >= 0.6 is 23.5 Å². The fraction of sp³-hybridized carbons (Fsp3) is 0.286. The van der Waals surface area contributed by atoms with Crippen LogP contribution in [-0.4, -0.2) is 27.3 Å². The summed E-state index contributed by atoms with van der Waals surface area (Å²) in [6, 6.07) is 0. The Morgan fingerprint density at radius 3 is 2.14 bits per heavy atom. The van der Waals surface area contributed by atoms with Crippen molar-refractivity contribution in [3.8, 4) is 0 Å². The molecule has 1 aliphatic heterocycles. The van der Waals surface area contributed by atoms with Gasteiger partial charge >= 0.3 is 5.97 Å². The van der Waals surface area contributed by atoms with E-state index in [0.717, 1.165) is 23.5 Å². The van der Waals surface area contributed by atoms with Gasteiger partial charge in [0.2, 0.25) is 0 Å². The second-order valence-corrected chi connectivity index (χ2v) is 5.28. The van der Waals surface area contributed by atoms with Gasteiger partial charge in [0, 0.05) is 0 Å². The van der Waals surface area contributed by atoms with Crippen molar-refractivity contribution < 1.29 is 19.5 Å². The first-order valence-electron chi connectivity index (χ1n) is 3.54. The van der Waals surface area contributed by atoms with E-state index in [4.69, 9.17) is 10.8 Å². The van der Waals surface area contributed by atoms with Crippen molar-refractivity contribution in [3.63, 3.8) is 0 Å². The molecule has 0 unspecified atom stereocenters. The van der Waals surface area contributed by atoms with Crippen LogP contribution in [0.5, 0.6) is 0 Å². The van der Waals surface area contributed by atoms with Crippen LogP contribution in [0.25, 0.3) is 0 Å². The van der Waals surface area contributed by atoms with Gasteiger partial charge in [-0.3, -0.25) is 14.4 Å². The van der Waals surface area contributed by atoms with Gasteiger partial charge in [-0.05, 0) is 6.92 Å². The molecule has 0 radical (unpaired) electrons. The summed E-state index contributed by atoms with van der Waals surface area (Å²) in [6.07, 6.45) is 0. The van der Waals surface area contributed by atoms with Gasteiger partial charge in [0.05, 0.1) is 4.24 Å². The number of hydrogen-bond acceptors (Lipinski definition) is 5. The number of nitrogens with two attached hydrogens (primary N) is 1. The Morgan fingerprint density at radius 2 is 1.86 bits per heavy atom. The summed E-state index contributed by atoms with van der Waals surface area (Å²) in [5.74, 6) is -2.22. The molecule has 1 fully saturated rings. The van der Waals surface area contributed by atoms with Crippen molar-refractivity contribution in [2.75, 3.05) is 0 Å². The van der Waals surface area contributed by atoms with Crippen molar-refractivity contribution in [1.29, 1.82) is 0 Å². The van der Waals surface area contributed by atoms with Crippen LogP contribution in [0, 0.1) is 0 Å². The topological polar surface area (TPSA) is 97.5 Å². The summed E-state index contributed by atoms with van der Waals surface area (Å²) >= 11 is 1.94. The lowest BCUT2D eigenvalue weighted by Gasteiger charge is -2.24. The van der Waals surface area contributed by atoms with Gasteiger partial charge in [0.25, 0.3) is 5.91 Å². The van der Waals surface area contributed by atoms with Crippen molar-refractivity contribution >= 4 is 41.2 Å². The number of hydrogen-bond donors (Lipinski definition) is 2. The normalized spacial score (nSPS) is 19.8. The largest absolute Gasteiger partial charge is 0.480 e. The highest BCUT2D eigenvalue weighted by molar-refractivity contribution is 8.39. The van der Waals surface area contributed by atoms with E-state index >= 15 is 0 Å². The van der Waals surface area contributed by atoms with Gasteiger partial charge in [-0.25, -0.2) is 0 Å². The Balaban J connectivity index is 2.82. The van der Waals surface area contributed by atoms with Crippen LogP contribution in [-0.2, 0) is 14.4 Å². The molecule has 0 saturated carbocycles. The Kier molecular flexibility index (Phi) is 3.22. The second-order valence-electron chi connectivity index (χ2n) is 2.49. The first-order valence-corrected chi connectivity index (χ1v) is 5.30. The summed E-state index contributed by atoms with van der Waals surface area (Å²) in [7, 11) is 0. The fourth-order valence-electron chi connectivity index (χ4n) is 0.840. The molecule has 0 aromatic rings. The monoisotopic (exact) mass is 233 g/mol. The minimum Gasteiger partial charge on any atom is -0.480 e. The zero-order chi connectivity index (χ0) is 10.9. The lowest BCUT2D eigenvalue weighted by Crippen LogP contribution is -2.25. The third-order valence-corrected chi connectivity index (χ3v) is 4.25. The Morgan fingerprint density at radius 1 is 1.36 bits per heavy atom. The average Bonchev–Trinajstić information content (AvgIpc) is 1.92. The van der Waals surface area contributed by atoms with Crippen LogP contribution < -0.4 is 5.73 Å². The number of aliphatic carboxylic acids is 1. The summed E-state index contributed by atoms with van der Waals surface area (Å²) in [4.78, 5) is 32.2. The van der Waals surface area contributed by atoms with Crippen LogP contribution in [0.3, 0.4) is 0 Å². The van der Waals surface area contributed by atoms with Crippen LogP contribution in [0.1, 0.15) is 6.92 Å². The number of Topliss-reactive ketones (excluding diaryl/α,β-unsaturated/α-hetero) is 1. The summed E-state index contributed by atoms with van der Waals surface area (Å²) in [5.41, 5.74) is 4.88. The molecule has 1 rings (SSSR count). The van der Waals surface area contributed by atoms with E-state index in [9.17, 15) is 14.4 Å². The molecule has 0 aliphatic carbocycles. The zero-order valence-electron chi connectivity index (χ0n) is 7.14. The highest BCUT2D eigenvalue weighted by atomic mass is 32.3. The maximum absolute atomic E-state index is 11.0. The van der Waals surface area contributed by atoms with E-state index in [2.05, 4.69) is 0 Å². The molecule has 0 aromatic carbocycles. The van der Waals surface area contributed by atoms with Crippen molar-refractivity contribution in [1.82, 2.24) is 0 Å². The van der Waals surface area contributed by atoms with Crippen molar-refractivity contribution in [3.05, 3.63) is 9.81 Å². The molecule has 1 aliphatic rings. The number of carboxylic acids is 1. The smallest absolute Gasteiger partial charge is 0.327 e. The molecule has 3 N–H and O–H groups in total. The number of ketones is 1. The lowest BCUT2D eigenvalue weighted by atomic mass is 10.2. The third-order valence-electron chi connectivity index (χ3n) is 1.43. The molecule has 0 atom stereocenters. The second kappa shape index (κ2) is 4.05. The van der Waals surface area contributed by atoms with Crippen LogP contribution in [0.4, 0.5) is 0 Å². The van der Waals surface area contributed by atoms with Gasteiger partial charge in [0.1, 0.15) is 5.57 Å². The van der Waals surface area contributed by atoms with Gasteiger partial charge in [-0.1, -0.05) is 23.5 Å². The number of thioether (sulfide) groups is 2. The van der Waals surface area contributed by atoms with Gasteiger partial charge < -0.3 is 10.8 Å². The maximum atomic E-state index is 11.0. The quantitative estimate of drug-likeness (QED) is 0.409. The molecule has 1 heterocycles. The van der Waals surface area contributed by atoms with Crippen molar-refractivity contribution in [2.45, 2.75) is 11.5 Å². The van der Waals surface area contributed by atoms with Gasteiger partial charge in [0.15, 0.2) is 10.4 Å². The lowest BCUT2D eigenvalue weighted by molar-refractivity contribution is -0.134. The third kappa shape index (κ3) is 2.10. The predicted octanol–water partition coefficient (Wildman–Crippen LogP) is 0.163. The van der Waals surface area contributed by atoms with E-state index in [-0.39, 0.29) is 5.57 Å². The standard InChI is InChI=1S/C7H7NO4S2/c1-2(9)3(4(8)10)6-13-7(14-6)5(11)12/h7H,1H3,(H2,8,10)(H,11,12). The summed E-state index contributed by atoms with van der Waals surface area (Å²) in [5, 5.41) is 8.54. The molecule has 14 heavy (non-hydrogen) atoms. The van der Waals surface area contributed by atoms with Gasteiger partial charge in [-0.15, -0.1) is 0 Å². The van der Waals surface area contributed by atoms with Crippen LogP contribution in [0.2, 0.25) is 0 Å². The maximum Gasteiger partial charge on any atom is 0.327 e. The summed E-state index contributed by atoms with van der Waals surface area (Å²) < 4.78 is -0.240. The number of carbonyl (C=O) groups excluding carboxylic acids is 2. The Hall–Kier alpha value is -0.950. The highest BCUT2D eigenvalue weighted by Crippen LogP contribution is 2.52. The highest BCUT2D eigenvalue weighted by Gasteiger charge is 2.36. The predicted molar refractivity (Wildman–Crippen MR) is 53.5 cm³/mol. The first kappa shape index (κ1) is 11.1. The molecule has 0 bridgehead atoms. The molecule has 76 valence electrons. The molecule has 1 saturated heterocycles. The number of primary amides is 1. The first-order chi connectivity index (χ1) is 6.43. The minimum atomic E-state index is -0.976. The fourth-order valence-corrected chi connectivity index (χ4v) is 3.04. The van der Waals surface area contributed by atoms with E-state index in [1.165, 1.54) is 6.92 Å². The Labute approximate surface area is 88.1 Å². The molecule has 5 nitrogen and oxygen atoms in total. The van der Waals surface area contributed by atoms with Crippen molar-refractivity contribution in [2.24, 2.45) is 5.73 Å². The minimum absolute atomic E-state index is 0.0995. The van der Waals surface area contributed by atoms with Gasteiger partial charge in [-0.2, -0.15) is 0 Å². The zero-order valence-corrected chi connectivity index (χ0v) is 8.78. The molecule has 7 heteroatoms. The van der Waals surface area contributed by atoms with E-state index in [0.29, 0.717) is 4.24 Å². The summed E-state index contributed by atoms with van der Waals surface area (Å²) in [6.45, 7) is 1.22. The van der Waals surface area contributed by atoms with Crippen LogP contribution in [0.15, 0.2) is 9.81 Å². The number of amides is 1. The number of rotatable bonds is 3. The van der Waals surface area contributed by atoms with E-state index in [1.54, 1.807) is 0 Å². The SMILES string of the molecule is CC(=O)C(C(N)=O)=C1SC(C(=O)O)S1. The number of carboxylic acid groups (broad SMARTS) is 1. The average molecular weight is 233 g/mol. The van der Waals surface area contributed by atoms with E-state index < -0.39 is 22.2 Å². The number of carbonyl (C=O) groups is 3. The molecular formula is C7H7NO4S2. The molecular weight excluding hydrogens is 226 g/mol.